The van der Waals surface area contributed by atoms with Crippen molar-refractivity contribution in [1.82, 2.24) is 15.1 Å². The summed E-state index contributed by atoms with van der Waals surface area (Å²) in [6, 6.07) is 6.68. The van der Waals surface area contributed by atoms with Crippen LogP contribution in [0.2, 0.25) is 0 Å². The van der Waals surface area contributed by atoms with Gasteiger partial charge in [0.25, 0.3) is 0 Å². The van der Waals surface area contributed by atoms with Crippen molar-refractivity contribution in [3.63, 3.8) is 0 Å². The number of amides is 1. The Labute approximate surface area is 123 Å². The average molecular weight is 287 g/mol. The Morgan fingerprint density at radius 3 is 3.19 bits per heavy atom. The molecule has 1 N–H and O–H groups in total. The van der Waals surface area contributed by atoms with Crippen LogP contribution in [-0.4, -0.2) is 15.7 Å². The number of nitrogens with zero attached hydrogens (tertiary/aromatic N) is 2. The summed E-state index contributed by atoms with van der Waals surface area (Å²) in [6.07, 6.45) is 6.70. The van der Waals surface area contributed by atoms with E-state index >= 15 is 0 Å². The first-order valence-electron chi connectivity index (χ1n) is 7.27. The maximum atomic E-state index is 13.3. The Morgan fingerprint density at radius 2 is 2.38 bits per heavy atom. The molecule has 1 aliphatic carbocycles. The lowest BCUT2D eigenvalue weighted by Crippen LogP contribution is -2.31. The Bertz CT molecular complexity index is 624. The number of carbonyl (C=O) groups excluding carboxylic acids is 1. The summed E-state index contributed by atoms with van der Waals surface area (Å²) in [5.74, 6) is -0.202. The fourth-order valence-corrected chi connectivity index (χ4v) is 2.85. The van der Waals surface area contributed by atoms with Crippen molar-refractivity contribution >= 4 is 5.91 Å². The molecule has 0 aliphatic heterocycles. The molecule has 1 atom stereocenters. The fraction of sp³-hybridized carbons (Fsp3) is 0.375. The lowest BCUT2D eigenvalue weighted by molar-refractivity contribution is -0.122. The van der Waals surface area contributed by atoms with Gasteiger partial charge in [-0.3, -0.25) is 9.48 Å². The predicted octanol–water partition coefficient (Wildman–Crippen LogP) is 2.61. The zero-order valence-electron chi connectivity index (χ0n) is 11.8. The number of fused-ring (bicyclic) bond motifs is 1. The van der Waals surface area contributed by atoms with Gasteiger partial charge in [-0.05, 0) is 48.6 Å². The molecule has 0 spiro atoms. The normalized spacial score (nSPS) is 17.3. The van der Waals surface area contributed by atoms with Gasteiger partial charge >= 0.3 is 0 Å². The van der Waals surface area contributed by atoms with Crippen molar-refractivity contribution < 1.29 is 9.18 Å². The number of rotatable bonds is 4. The third-order valence-corrected chi connectivity index (χ3v) is 3.88. The predicted molar refractivity (Wildman–Crippen MR) is 77.1 cm³/mol. The molecule has 21 heavy (non-hydrogen) atoms. The molecule has 0 unspecified atom stereocenters. The topological polar surface area (TPSA) is 46.9 Å². The standard InChI is InChI=1S/C16H18FN3O/c17-13-5-6-14-12(11-13)3-1-4-15(14)19-16(21)7-10-20-9-2-8-18-20/h2,5-6,8-9,11,15H,1,3-4,7,10H2,(H,19,21)/t15-/m0/s1. The fourth-order valence-electron chi connectivity index (χ4n) is 2.85. The van der Waals surface area contributed by atoms with E-state index in [1.807, 2.05) is 12.3 Å². The van der Waals surface area contributed by atoms with Crippen molar-refractivity contribution in [3.8, 4) is 0 Å². The van der Waals surface area contributed by atoms with Gasteiger partial charge in [0, 0.05) is 25.4 Å². The first-order chi connectivity index (χ1) is 10.2. The van der Waals surface area contributed by atoms with E-state index in [1.54, 1.807) is 23.0 Å². The Kier molecular flexibility index (Phi) is 3.99. The molecule has 1 amide bonds. The van der Waals surface area contributed by atoms with Crippen molar-refractivity contribution in [2.45, 2.75) is 38.3 Å². The summed E-state index contributed by atoms with van der Waals surface area (Å²) < 4.78 is 15.0. The third-order valence-electron chi connectivity index (χ3n) is 3.88. The molecule has 3 rings (SSSR count). The van der Waals surface area contributed by atoms with E-state index in [2.05, 4.69) is 10.4 Å². The van der Waals surface area contributed by atoms with Crippen LogP contribution in [0.15, 0.2) is 36.7 Å². The van der Waals surface area contributed by atoms with E-state index in [0.29, 0.717) is 13.0 Å². The summed E-state index contributed by atoms with van der Waals surface area (Å²) in [5.41, 5.74) is 2.06. The van der Waals surface area contributed by atoms with E-state index in [9.17, 15) is 9.18 Å². The molecule has 4 nitrogen and oxygen atoms in total. The quantitative estimate of drug-likeness (QED) is 0.939. The Hall–Kier alpha value is -2.17. The van der Waals surface area contributed by atoms with Crippen LogP contribution in [0.3, 0.4) is 0 Å². The SMILES string of the molecule is O=C(CCn1cccn1)N[C@H]1CCCc2cc(F)ccc21. The van der Waals surface area contributed by atoms with Gasteiger partial charge in [-0.2, -0.15) is 5.10 Å². The van der Waals surface area contributed by atoms with Gasteiger partial charge in [-0.15, -0.1) is 0 Å². The molecular weight excluding hydrogens is 269 g/mol. The van der Waals surface area contributed by atoms with Crippen LogP contribution in [-0.2, 0) is 17.8 Å². The van der Waals surface area contributed by atoms with E-state index in [-0.39, 0.29) is 17.8 Å². The lowest BCUT2D eigenvalue weighted by atomic mass is 9.87. The second kappa shape index (κ2) is 6.08. The van der Waals surface area contributed by atoms with Gasteiger partial charge in [-0.1, -0.05) is 6.07 Å². The molecule has 0 bridgehead atoms. The number of hydrogen-bond donors (Lipinski definition) is 1. The summed E-state index contributed by atoms with van der Waals surface area (Å²) in [6.45, 7) is 0.571. The summed E-state index contributed by atoms with van der Waals surface area (Å²) >= 11 is 0. The number of aryl methyl sites for hydroxylation is 2. The van der Waals surface area contributed by atoms with Crippen molar-refractivity contribution in [3.05, 3.63) is 53.6 Å². The zero-order chi connectivity index (χ0) is 14.7. The zero-order valence-corrected chi connectivity index (χ0v) is 11.8. The third kappa shape index (κ3) is 3.29. The van der Waals surface area contributed by atoms with Gasteiger partial charge in [0.2, 0.25) is 5.91 Å². The summed E-state index contributed by atoms with van der Waals surface area (Å²) in [5, 5.41) is 7.13. The molecule has 0 fully saturated rings. The van der Waals surface area contributed by atoms with Gasteiger partial charge in [0.1, 0.15) is 5.82 Å². The van der Waals surface area contributed by atoms with E-state index in [0.717, 1.165) is 30.4 Å². The number of nitrogens with one attached hydrogen (secondary N) is 1. The molecule has 0 radical (unpaired) electrons. The van der Waals surface area contributed by atoms with Crippen molar-refractivity contribution in [2.75, 3.05) is 0 Å². The van der Waals surface area contributed by atoms with Gasteiger partial charge < -0.3 is 5.32 Å². The van der Waals surface area contributed by atoms with Gasteiger partial charge in [-0.25, -0.2) is 4.39 Å². The summed E-state index contributed by atoms with van der Waals surface area (Å²) in [7, 11) is 0. The second-order valence-electron chi connectivity index (χ2n) is 5.37. The smallest absolute Gasteiger partial charge is 0.222 e. The van der Waals surface area contributed by atoms with Crippen LogP contribution in [0.5, 0.6) is 0 Å². The minimum Gasteiger partial charge on any atom is -0.349 e. The molecule has 1 heterocycles. The Morgan fingerprint density at radius 1 is 1.48 bits per heavy atom. The summed E-state index contributed by atoms with van der Waals surface area (Å²) in [4.78, 5) is 12.1. The number of benzene rings is 1. The monoisotopic (exact) mass is 287 g/mol. The highest BCUT2D eigenvalue weighted by molar-refractivity contribution is 5.76. The first kappa shape index (κ1) is 13.8. The van der Waals surface area contributed by atoms with Crippen molar-refractivity contribution in [2.24, 2.45) is 0 Å². The number of carbonyl (C=O) groups is 1. The largest absolute Gasteiger partial charge is 0.349 e. The molecule has 1 aliphatic rings. The molecule has 1 aromatic carbocycles. The molecule has 0 saturated heterocycles. The number of halogens is 1. The van der Waals surface area contributed by atoms with Crippen LogP contribution in [0.4, 0.5) is 4.39 Å². The van der Waals surface area contributed by atoms with E-state index < -0.39 is 0 Å². The van der Waals surface area contributed by atoms with E-state index in [1.165, 1.54) is 6.07 Å². The minimum atomic E-state index is -0.209. The van der Waals surface area contributed by atoms with Gasteiger partial charge in [0.05, 0.1) is 6.04 Å². The van der Waals surface area contributed by atoms with Crippen LogP contribution in [0.1, 0.15) is 36.4 Å². The van der Waals surface area contributed by atoms with Crippen LogP contribution >= 0.6 is 0 Å². The highest BCUT2D eigenvalue weighted by atomic mass is 19.1. The lowest BCUT2D eigenvalue weighted by Gasteiger charge is -2.26. The molecule has 1 aromatic heterocycles. The molecule has 110 valence electrons. The molecule has 2 aromatic rings. The van der Waals surface area contributed by atoms with Crippen LogP contribution < -0.4 is 5.32 Å². The molecule has 0 saturated carbocycles. The Balaban J connectivity index is 1.62. The van der Waals surface area contributed by atoms with E-state index in [4.69, 9.17) is 0 Å². The number of hydrogen-bond acceptors (Lipinski definition) is 2. The second-order valence-corrected chi connectivity index (χ2v) is 5.37. The maximum absolute atomic E-state index is 13.3. The van der Waals surface area contributed by atoms with Gasteiger partial charge in [0.15, 0.2) is 0 Å². The minimum absolute atomic E-state index is 0.000489. The maximum Gasteiger partial charge on any atom is 0.222 e. The van der Waals surface area contributed by atoms with Crippen LogP contribution in [0, 0.1) is 5.82 Å². The first-order valence-corrected chi connectivity index (χ1v) is 7.27. The molecular formula is C16H18FN3O. The molecule has 5 heteroatoms. The highest BCUT2D eigenvalue weighted by Crippen LogP contribution is 2.30. The highest BCUT2D eigenvalue weighted by Gasteiger charge is 2.21. The van der Waals surface area contributed by atoms with Crippen molar-refractivity contribution in [1.29, 1.82) is 0 Å². The van der Waals surface area contributed by atoms with Crippen LogP contribution in [0.25, 0.3) is 0 Å². The number of aromatic nitrogens is 2. The average Bonchev–Trinajstić information content (AvgIpc) is 2.98.